The fourth-order valence-electron chi connectivity index (χ4n) is 2.13. The van der Waals surface area contributed by atoms with Gasteiger partial charge in [-0.3, -0.25) is 0 Å². The van der Waals surface area contributed by atoms with Crippen LogP contribution >= 0.6 is 11.6 Å². The van der Waals surface area contributed by atoms with E-state index in [0.717, 1.165) is 23.3 Å². The summed E-state index contributed by atoms with van der Waals surface area (Å²) < 4.78 is 16.9. The van der Waals surface area contributed by atoms with Crippen molar-refractivity contribution in [3.8, 4) is 5.75 Å². The maximum atomic E-state index is 6.17. The fourth-order valence-corrected chi connectivity index (χ4v) is 2.29. The summed E-state index contributed by atoms with van der Waals surface area (Å²) in [6.07, 6.45) is 0.725. The minimum atomic E-state index is -0.706. The molecule has 4 heteroatoms. The third-order valence-corrected chi connectivity index (χ3v) is 3.52. The highest BCUT2D eigenvalue weighted by Crippen LogP contribution is 2.41. The number of halogens is 1. The maximum Gasteiger partial charge on any atom is 0.198 e. The molecule has 1 aliphatic rings. The van der Waals surface area contributed by atoms with Gasteiger partial charge in [-0.1, -0.05) is 18.5 Å². The van der Waals surface area contributed by atoms with Crippen LogP contribution in [-0.4, -0.2) is 20.3 Å². The lowest BCUT2D eigenvalue weighted by Crippen LogP contribution is -2.26. The zero-order valence-electron chi connectivity index (χ0n) is 10.4. The Morgan fingerprint density at radius 1 is 1.35 bits per heavy atom. The van der Waals surface area contributed by atoms with Gasteiger partial charge in [0.2, 0.25) is 0 Å². The number of hydrogen-bond donors (Lipinski definition) is 0. The van der Waals surface area contributed by atoms with Crippen molar-refractivity contribution in [3.63, 3.8) is 0 Å². The third kappa shape index (κ3) is 2.15. The first kappa shape index (κ1) is 12.7. The van der Waals surface area contributed by atoms with E-state index in [1.165, 1.54) is 0 Å². The molecule has 2 rings (SSSR count). The van der Waals surface area contributed by atoms with Crippen molar-refractivity contribution in [3.05, 3.63) is 28.3 Å². The van der Waals surface area contributed by atoms with Crippen LogP contribution in [0.25, 0.3) is 0 Å². The molecule has 1 fully saturated rings. The van der Waals surface area contributed by atoms with E-state index in [2.05, 4.69) is 0 Å². The number of aryl methyl sites for hydroxylation is 1. The van der Waals surface area contributed by atoms with E-state index in [1.807, 2.05) is 26.0 Å². The van der Waals surface area contributed by atoms with Gasteiger partial charge in [-0.25, -0.2) is 0 Å². The van der Waals surface area contributed by atoms with Gasteiger partial charge in [0.05, 0.1) is 25.9 Å². The lowest BCUT2D eigenvalue weighted by atomic mass is 10.00. The van der Waals surface area contributed by atoms with E-state index in [-0.39, 0.29) is 0 Å². The molecule has 0 N–H and O–H groups in total. The van der Waals surface area contributed by atoms with Crippen LogP contribution in [0.5, 0.6) is 5.75 Å². The normalized spacial score (nSPS) is 18.4. The average Bonchev–Trinajstić information content (AvgIpc) is 2.82. The van der Waals surface area contributed by atoms with Crippen LogP contribution in [0.4, 0.5) is 0 Å². The van der Waals surface area contributed by atoms with Crippen molar-refractivity contribution in [2.24, 2.45) is 0 Å². The van der Waals surface area contributed by atoms with Gasteiger partial charge in [0.25, 0.3) is 0 Å². The van der Waals surface area contributed by atoms with E-state index in [4.69, 9.17) is 25.8 Å². The van der Waals surface area contributed by atoms with E-state index in [1.54, 1.807) is 7.11 Å². The zero-order chi connectivity index (χ0) is 12.5. The molecule has 0 aromatic heterocycles. The summed E-state index contributed by atoms with van der Waals surface area (Å²) in [6, 6.07) is 3.80. The van der Waals surface area contributed by atoms with Crippen LogP contribution in [0.15, 0.2) is 12.1 Å². The molecule has 1 aromatic rings. The molecule has 0 bridgehead atoms. The topological polar surface area (TPSA) is 27.7 Å². The van der Waals surface area contributed by atoms with Gasteiger partial charge >= 0.3 is 0 Å². The monoisotopic (exact) mass is 256 g/mol. The first-order chi connectivity index (χ1) is 8.13. The summed E-state index contributed by atoms with van der Waals surface area (Å²) in [4.78, 5) is 0. The van der Waals surface area contributed by atoms with E-state index < -0.39 is 5.79 Å². The minimum Gasteiger partial charge on any atom is -0.496 e. The smallest absolute Gasteiger partial charge is 0.198 e. The molecular weight excluding hydrogens is 240 g/mol. The molecule has 1 aliphatic heterocycles. The average molecular weight is 257 g/mol. The van der Waals surface area contributed by atoms with Crippen LogP contribution in [0, 0.1) is 6.92 Å². The van der Waals surface area contributed by atoms with Crippen LogP contribution in [-0.2, 0) is 15.3 Å². The molecule has 1 aromatic carbocycles. The second kappa shape index (κ2) is 4.84. The van der Waals surface area contributed by atoms with E-state index >= 15 is 0 Å². The zero-order valence-corrected chi connectivity index (χ0v) is 11.1. The second-order valence-electron chi connectivity index (χ2n) is 4.11. The quantitative estimate of drug-likeness (QED) is 0.831. The van der Waals surface area contributed by atoms with Crippen molar-refractivity contribution in [1.82, 2.24) is 0 Å². The van der Waals surface area contributed by atoms with E-state index in [0.29, 0.717) is 18.2 Å². The van der Waals surface area contributed by atoms with Gasteiger partial charge in [0.1, 0.15) is 5.75 Å². The SMILES string of the molecule is CCC1(c2cc(Cl)c(C)cc2OC)OCCO1. The summed E-state index contributed by atoms with van der Waals surface area (Å²) >= 11 is 6.17. The van der Waals surface area contributed by atoms with Crippen LogP contribution < -0.4 is 4.74 Å². The highest BCUT2D eigenvalue weighted by molar-refractivity contribution is 6.31. The molecule has 1 saturated heterocycles. The molecule has 0 radical (unpaired) electrons. The molecule has 3 nitrogen and oxygen atoms in total. The largest absolute Gasteiger partial charge is 0.496 e. The molecule has 0 aliphatic carbocycles. The first-order valence-corrected chi connectivity index (χ1v) is 6.13. The fraction of sp³-hybridized carbons (Fsp3) is 0.538. The third-order valence-electron chi connectivity index (χ3n) is 3.11. The second-order valence-corrected chi connectivity index (χ2v) is 4.51. The molecule has 0 unspecified atom stereocenters. The van der Waals surface area contributed by atoms with Gasteiger partial charge < -0.3 is 14.2 Å². The summed E-state index contributed by atoms with van der Waals surface area (Å²) in [5.41, 5.74) is 1.85. The van der Waals surface area contributed by atoms with Crippen LogP contribution in [0.1, 0.15) is 24.5 Å². The van der Waals surface area contributed by atoms with Crippen molar-refractivity contribution in [2.75, 3.05) is 20.3 Å². The van der Waals surface area contributed by atoms with Crippen LogP contribution in [0.2, 0.25) is 5.02 Å². The van der Waals surface area contributed by atoms with Gasteiger partial charge in [-0.15, -0.1) is 0 Å². The van der Waals surface area contributed by atoms with Crippen molar-refractivity contribution < 1.29 is 14.2 Å². The molecule has 17 heavy (non-hydrogen) atoms. The molecule has 94 valence electrons. The van der Waals surface area contributed by atoms with E-state index in [9.17, 15) is 0 Å². The minimum absolute atomic E-state index is 0.600. The Morgan fingerprint density at radius 3 is 2.53 bits per heavy atom. The predicted molar refractivity (Wildman–Crippen MR) is 66.6 cm³/mol. The highest BCUT2D eigenvalue weighted by atomic mass is 35.5. The van der Waals surface area contributed by atoms with Gasteiger partial charge in [0.15, 0.2) is 5.79 Å². The Balaban J connectivity index is 2.52. The number of hydrogen-bond acceptors (Lipinski definition) is 3. The van der Waals surface area contributed by atoms with Crippen molar-refractivity contribution >= 4 is 11.6 Å². The number of rotatable bonds is 3. The molecule has 0 amide bonds. The summed E-state index contributed by atoms with van der Waals surface area (Å²) in [7, 11) is 1.64. The first-order valence-electron chi connectivity index (χ1n) is 5.75. The molecule has 0 saturated carbocycles. The Hall–Kier alpha value is -0.770. The summed E-state index contributed by atoms with van der Waals surface area (Å²) in [5, 5.41) is 0.702. The Kier molecular flexibility index (Phi) is 3.61. The van der Waals surface area contributed by atoms with Crippen molar-refractivity contribution in [1.29, 1.82) is 0 Å². The number of ether oxygens (including phenoxy) is 3. The molecule has 0 spiro atoms. The van der Waals surface area contributed by atoms with Crippen molar-refractivity contribution in [2.45, 2.75) is 26.1 Å². The highest BCUT2D eigenvalue weighted by Gasteiger charge is 2.39. The predicted octanol–water partition coefficient (Wildman–Crippen LogP) is 3.27. The van der Waals surface area contributed by atoms with Crippen LogP contribution in [0.3, 0.4) is 0 Å². The lowest BCUT2D eigenvalue weighted by Gasteiger charge is -2.28. The maximum absolute atomic E-state index is 6.17. The summed E-state index contributed by atoms with van der Waals surface area (Å²) in [6.45, 7) is 5.17. The molecule has 1 heterocycles. The Bertz CT molecular complexity index is 411. The van der Waals surface area contributed by atoms with Gasteiger partial charge in [-0.2, -0.15) is 0 Å². The Labute approximate surface area is 107 Å². The lowest BCUT2D eigenvalue weighted by molar-refractivity contribution is -0.168. The van der Waals surface area contributed by atoms with Gasteiger partial charge in [-0.05, 0) is 24.6 Å². The molecular formula is C13H17ClO3. The Morgan fingerprint density at radius 2 is 2.00 bits per heavy atom. The standard InChI is InChI=1S/C13H17ClO3/c1-4-13(16-5-6-17-13)10-8-11(14)9(2)7-12(10)15-3/h7-8H,4-6H2,1-3H3. The number of methoxy groups -OCH3 is 1. The van der Waals surface area contributed by atoms with Gasteiger partial charge in [0, 0.05) is 11.4 Å². The molecule has 0 atom stereocenters. The number of benzene rings is 1. The summed E-state index contributed by atoms with van der Waals surface area (Å²) in [5.74, 6) is 0.0542.